The number of hydrogen-bond acceptors (Lipinski definition) is 3. The molecule has 0 saturated carbocycles. The Morgan fingerprint density at radius 3 is 2.75 bits per heavy atom. The Labute approximate surface area is 148 Å². The van der Waals surface area contributed by atoms with Gasteiger partial charge in [-0.3, -0.25) is 4.79 Å². The Morgan fingerprint density at radius 1 is 1.25 bits per heavy atom. The summed E-state index contributed by atoms with van der Waals surface area (Å²) in [6.07, 6.45) is 0.0904. The monoisotopic (exact) mass is 387 g/mol. The molecule has 2 aromatic carbocycles. The van der Waals surface area contributed by atoms with E-state index in [4.69, 9.17) is 4.74 Å². The zero-order valence-electron chi connectivity index (χ0n) is 13.3. The van der Waals surface area contributed by atoms with Crippen molar-refractivity contribution in [1.82, 2.24) is 15.3 Å². The van der Waals surface area contributed by atoms with Crippen LogP contribution in [-0.2, 0) is 11.2 Å². The smallest absolute Gasteiger partial charge is 0.260 e. The van der Waals surface area contributed by atoms with Crippen LogP contribution in [0, 0.1) is 0 Å². The molecule has 1 unspecified atom stereocenters. The summed E-state index contributed by atoms with van der Waals surface area (Å²) in [7, 11) is 0. The van der Waals surface area contributed by atoms with Gasteiger partial charge in [-0.1, -0.05) is 28.1 Å². The number of fused-ring (bicyclic) bond motifs is 1. The van der Waals surface area contributed by atoms with Gasteiger partial charge in [0, 0.05) is 17.4 Å². The molecular weight excluding hydrogens is 370 g/mol. The number of aromatic nitrogens is 2. The number of halogens is 1. The fraction of sp³-hybridized carbons (Fsp3) is 0.222. The molecule has 2 N–H and O–H groups in total. The molecule has 3 rings (SSSR count). The van der Waals surface area contributed by atoms with E-state index in [2.05, 4.69) is 31.2 Å². The predicted octanol–water partition coefficient (Wildman–Crippen LogP) is 3.45. The summed E-state index contributed by atoms with van der Waals surface area (Å²) in [5.74, 6) is 1.38. The third-order valence-corrected chi connectivity index (χ3v) is 4.12. The highest BCUT2D eigenvalue weighted by Crippen LogP contribution is 2.17. The van der Waals surface area contributed by atoms with Crippen molar-refractivity contribution in [2.75, 3.05) is 6.54 Å². The lowest BCUT2D eigenvalue weighted by Gasteiger charge is -2.14. The molecule has 124 valence electrons. The van der Waals surface area contributed by atoms with E-state index in [0.29, 0.717) is 18.7 Å². The number of carbonyl (C=O) groups is 1. The Hall–Kier alpha value is -2.34. The molecule has 0 aliphatic rings. The van der Waals surface area contributed by atoms with Crippen LogP contribution < -0.4 is 10.1 Å². The normalized spacial score (nSPS) is 12.1. The molecule has 0 aliphatic carbocycles. The van der Waals surface area contributed by atoms with Crippen LogP contribution in [0.4, 0.5) is 0 Å². The number of nitrogens with one attached hydrogen (secondary N) is 2. The number of rotatable bonds is 6. The largest absolute Gasteiger partial charge is 0.481 e. The maximum atomic E-state index is 12.1. The number of carbonyl (C=O) groups excluding carboxylic acids is 1. The first kappa shape index (κ1) is 16.5. The number of amides is 1. The van der Waals surface area contributed by atoms with Gasteiger partial charge in [-0.15, -0.1) is 0 Å². The molecule has 5 nitrogen and oxygen atoms in total. The molecule has 0 spiro atoms. The van der Waals surface area contributed by atoms with Crippen molar-refractivity contribution in [3.63, 3.8) is 0 Å². The number of imidazole rings is 1. The fourth-order valence-electron chi connectivity index (χ4n) is 2.34. The topological polar surface area (TPSA) is 67.0 Å². The molecule has 1 amide bonds. The van der Waals surface area contributed by atoms with Gasteiger partial charge >= 0.3 is 0 Å². The zero-order valence-corrected chi connectivity index (χ0v) is 14.8. The van der Waals surface area contributed by atoms with Crippen LogP contribution in [0.3, 0.4) is 0 Å². The lowest BCUT2D eigenvalue weighted by molar-refractivity contribution is -0.127. The molecule has 1 atom stereocenters. The van der Waals surface area contributed by atoms with Gasteiger partial charge in [-0.2, -0.15) is 0 Å². The van der Waals surface area contributed by atoms with Crippen molar-refractivity contribution in [3.05, 3.63) is 58.8 Å². The van der Waals surface area contributed by atoms with Gasteiger partial charge in [0.2, 0.25) is 0 Å². The second-order valence-corrected chi connectivity index (χ2v) is 6.37. The fourth-order valence-corrected chi connectivity index (χ4v) is 2.61. The first-order valence-electron chi connectivity index (χ1n) is 7.75. The minimum absolute atomic E-state index is 0.144. The summed E-state index contributed by atoms with van der Waals surface area (Å²) in [6.45, 7) is 2.24. The lowest BCUT2D eigenvalue weighted by atomic mass is 10.3. The van der Waals surface area contributed by atoms with Crippen LogP contribution in [0.5, 0.6) is 5.75 Å². The average molecular weight is 388 g/mol. The second kappa shape index (κ2) is 7.49. The maximum absolute atomic E-state index is 12.1. The van der Waals surface area contributed by atoms with Gasteiger partial charge in [-0.25, -0.2) is 4.98 Å². The summed E-state index contributed by atoms with van der Waals surface area (Å²) in [6, 6.07) is 15.3. The van der Waals surface area contributed by atoms with Crippen LogP contribution in [0.15, 0.2) is 53.0 Å². The molecule has 3 aromatic rings. The molecule has 6 heteroatoms. The Bertz CT molecular complexity index is 797. The lowest BCUT2D eigenvalue weighted by Crippen LogP contribution is -2.37. The number of hydrogen-bond donors (Lipinski definition) is 2. The molecule has 24 heavy (non-hydrogen) atoms. The third kappa shape index (κ3) is 4.14. The highest BCUT2D eigenvalue weighted by molar-refractivity contribution is 9.10. The maximum Gasteiger partial charge on any atom is 0.260 e. The van der Waals surface area contributed by atoms with Gasteiger partial charge < -0.3 is 15.0 Å². The van der Waals surface area contributed by atoms with Crippen LogP contribution in [0.1, 0.15) is 12.7 Å². The minimum Gasteiger partial charge on any atom is -0.481 e. The van der Waals surface area contributed by atoms with Crippen molar-refractivity contribution in [2.45, 2.75) is 19.4 Å². The van der Waals surface area contributed by atoms with Gasteiger partial charge in [0.1, 0.15) is 11.6 Å². The summed E-state index contributed by atoms with van der Waals surface area (Å²) in [5.41, 5.74) is 1.94. The molecule has 0 bridgehead atoms. The van der Waals surface area contributed by atoms with Gasteiger partial charge in [0.05, 0.1) is 11.0 Å². The standard InChI is InChI=1S/C18H18BrN3O2/c1-12(24-14-8-6-13(19)7-9-14)18(23)20-11-10-17-21-15-4-2-3-5-16(15)22-17/h2-9,12H,10-11H2,1H3,(H,20,23)(H,21,22). The van der Waals surface area contributed by atoms with Crippen LogP contribution in [0.25, 0.3) is 11.0 Å². The van der Waals surface area contributed by atoms with E-state index in [9.17, 15) is 4.79 Å². The SMILES string of the molecule is CC(Oc1ccc(Br)cc1)C(=O)NCCc1nc2ccccc2[nH]1. The summed E-state index contributed by atoms with van der Waals surface area (Å²) >= 11 is 3.37. The second-order valence-electron chi connectivity index (χ2n) is 5.46. The highest BCUT2D eigenvalue weighted by atomic mass is 79.9. The summed E-state index contributed by atoms with van der Waals surface area (Å²) < 4.78 is 6.60. The molecule has 0 saturated heterocycles. The number of para-hydroxylation sites is 2. The molecule has 1 aromatic heterocycles. The number of H-pyrrole nitrogens is 1. The van der Waals surface area contributed by atoms with Crippen molar-refractivity contribution < 1.29 is 9.53 Å². The minimum atomic E-state index is -0.554. The number of aromatic amines is 1. The molecule has 0 radical (unpaired) electrons. The van der Waals surface area contributed by atoms with Gasteiger partial charge in [0.25, 0.3) is 5.91 Å². The van der Waals surface area contributed by atoms with Crippen LogP contribution in [-0.4, -0.2) is 28.5 Å². The highest BCUT2D eigenvalue weighted by Gasteiger charge is 2.14. The molecule has 1 heterocycles. The van der Waals surface area contributed by atoms with E-state index in [-0.39, 0.29) is 5.91 Å². The predicted molar refractivity (Wildman–Crippen MR) is 97.0 cm³/mol. The quantitative estimate of drug-likeness (QED) is 0.680. The Morgan fingerprint density at radius 2 is 2.00 bits per heavy atom. The van der Waals surface area contributed by atoms with E-state index < -0.39 is 6.10 Å². The van der Waals surface area contributed by atoms with Crippen molar-refractivity contribution in [1.29, 1.82) is 0 Å². The summed E-state index contributed by atoms with van der Waals surface area (Å²) in [5, 5.41) is 2.87. The number of nitrogens with zero attached hydrogens (tertiary/aromatic N) is 1. The molecular formula is C18H18BrN3O2. The summed E-state index contributed by atoms with van der Waals surface area (Å²) in [4.78, 5) is 19.8. The molecule has 0 aliphatic heterocycles. The van der Waals surface area contributed by atoms with Crippen molar-refractivity contribution in [2.24, 2.45) is 0 Å². The average Bonchev–Trinajstić information content (AvgIpc) is 2.99. The first-order chi connectivity index (χ1) is 11.6. The third-order valence-electron chi connectivity index (χ3n) is 3.60. The van der Waals surface area contributed by atoms with Crippen molar-refractivity contribution in [3.8, 4) is 5.75 Å². The Kier molecular flexibility index (Phi) is 5.15. The van der Waals surface area contributed by atoms with Crippen molar-refractivity contribution >= 4 is 32.9 Å². The van der Waals surface area contributed by atoms with Crippen LogP contribution >= 0.6 is 15.9 Å². The Balaban J connectivity index is 1.48. The van der Waals surface area contributed by atoms with E-state index in [0.717, 1.165) is 21.3 Å². The van der Waals surface area contributed by atoms with E-state index >= 15 is 0 Å². The van der Waals surface area contributed by atoms with E-state index in [1.807, 2.05) is 48.5 Å². The first-order valence-corrected chi connectivity index (χ1v) is 8.54. The van der Waals surface area contributed by atoms with E-state index in [1.165, 1.54) is 0 Å². The van der Waals surface area contributed by atoms with Gasteiger partial charge in [0.15, 0.2) is 6.10 Å². The number of ether oxygens (including phenoxy) is 1. The van der Waals surface area contributed by atoms with E-state index in [1.54, 1.807) is 6.92 Å². The number of benzene rings is 2. The van der Waals surface area contributed by atoms with Crippen LogP contribution in [0.2, 0.25) is 0 Å². The molecule has 0 fully saturated rings. The van der Waals surface area contributed by atoms with Gasteiger partial charge in [-0.05, 0) is 43.3 Å². The zero-order chi connectivity index (χ0) is 16.9.